The molecule has 0 atom stereocenters. The first-order chi connectivity index (χ1) is 10.9. The van der Waals surface area contributed by atoms with E-state index in [1.165, 1.54) is 18.4 Å². The van der Waals surface area contributed by atoms with Crippen LogP contribution in [0.5, 0.6) is 0 Å². The van der Waals surface area contributed by atoms with Crippen molar-refractivity contribution in [2.45, 2.75) is 33.4 Å². The standard InChI is InChI=1S/C15H21N3O4S/c1-8(2)16-7-10-17-13(19)11-9(3)12(23-14(11)18-10)15(20)22-6-5-21-4/h8,16H,5-7H2,1-4H3,(H,17,18,19). The highest BCUT2D eigenvalue weighted by molar-refractivity contribution is 7.20. The molecule has 2 heterocycles. The van der Waals surface area contributed by atoms with Crippen LogP contribution < -0.4 is 10.9 Å². The molecule has 0 unspecified atom stereocenters. The molecule has 0 spiro atoms. The second-order valence-electron chi connectivity index (χ2n) is 5.41. The number of hydrogen-bond acceptors (Lipinski definition) is 7. The number of ether oxygens (including phenoxy) is 2. The summed E-state index contributed by atoms with van der Waals surface area (Å²) in [5.74, 6) is 0.0977. The summed E-state index contributed by atoms with van der Waals surface area (Å²) in [6, 6.07) is 0.285. The molecule has 0 aliphatic heterocycles. The molecule has 2 aromatic heterocycles. The monoisotopic (exact) mass is 339 g/mol. The van der Waals surface area contributed by atoms with Gasteiger partial charge in [0.15, 0.2) is 0 Å². The zero-order valence-electron chi connectivity index (χ0n) is 13.7. The van der Waals surface area contributed by atoms with Crippen molar-refractivity contribution >= 4 is 27.5 Å². The van der Waals surface area contributed by atoms with Crippen LogP contribution in [-0.4, -0.2) is 42.3 Å². The molecule has 0 fully saturated rings. The van der Waals surface area contributed by atoms with Crippen LogP contribution in [0.2, 0.25) is 0 Å². The molecule has 0 aliphatic rings. The topological polar surface area (TPSA) is 93.3 Å². The number of aryl methyl sites for hydroxylation is 1. The van der Waals surface area contributed by atoms with Crippen molar-refractivity contribution in [3.63, 3.8) is 0 Å². The Morgan fingerprint density at radius 3 is 2.78 bits per heavy atom. The van der Waals surface area contributed by atoms with Crippen LogP contribution in [0.4, 0.5) is 0 Å². The average molecular weight is 339 g/mol. The number of hydrogen-bond donors (Lipinski definition) is 2. The van der Waals surface area contributed by atoms with Gasteiger partial charge in [0.25, 0.3) is 5.56 Å². The van der Waals surface area contributed by atoms with Crippen LogP contribution in [0, 0.1) is 6.92 Å². The Morgan fingerprint density at radius 2 is 2.13 bits per heavy atom. The lowest BCUT2D eigenvalue weighted by Crippen LogP contribution is -2.25. The van der Waals surface area contributed by atoms with Gasteiger partial charge < -0.3 is 19.8 Å². The van der Waals surface area contributed by atoms with Crippen LogP contribution in [0.15, 0.2) is 4.79 Å². The van der Waals surface area contributed by atoms with Crippen molar-refractivity contribution in [1.82, 2.24) is 15.3 Å². The molecule has 126 valence electrons. The van der Waals surface area contributed by atoms with Gasteiger partial charge in [-0.15, -0.1) is 11.3 Å². The minimum absolute atomic E-state index is 0.177. The van der Waals surface area contributed by atoms with Crippen LogP contribution in [0.3, 0.4) is 0 Å². The Kier molecular flexibility index (Phi) is 5.86. The third-order valence-electron chi connectivity index (χ3n) is 3.23. The summed E-state index contributed by atoms with van der Waals surface area (Å²) in [6.07, 6.45) is 0. The van der Waals surface area contributed by atoms with Crippen molar-refractivity contribution < 1.29 is 14.3 Å². The molecule has 0 saturated heterocycles. The molecule has 23 heavy (non-hydrogen) atoms. The van der Waals surface area contributed by atoms with Gasteiger partial charge in [0.2, 0.25) is 0 Å². The summed E-state index contributed by atoms with van der Waals surface area (Å²) in [7, 11) is 1.54. The predicted octanol–water partition coefficient (Wildman–Crippen LogP) is 1.59. The maximum atomic E-state index is 12.3. The highest BCUT2D eigenvalue weighted by Crippen LogP contribution is 2.27. The average Bonchev–Trinajstić information content (AvgIpc) is 2.83. The molecule has 2 aromatic rings. The third-order valence-corrected chi connectivity index (χ3v) is 4.40. The number of rotatable bonds is 7. The molecule has 0 aromatic carbocycles. The first-order valence-corrected chi connectivity index (χ1v) is 8.17. The highest BCUT2D eigenvalue weighted by Gasteiger charge is 2.20. The number of thiophene rings is 1. The van der Waals surface area contributed by atoms with E-state index in [-0.39, 0.29) is 18.2 Å². The number of nitrogens with zero attached hydrogens (tertiary/aromatic N) is 1. The lowest BCUT2D eigenvalue weighted by Gasteiger charge is -2.06. The van der Waals surface area contributed by atoms with Crippen molar-refractivity contribution in [2.24, 2.45) is 0 Å². The lowest BCUT2D eigenvalue weighted by molar-refractivity contribution is 0.0393. The van der Waals surface area contributed by atoms with E-state index >= 15 is 0 Å². The summed E-state index contributed by atoms with van der Waals surface area (Å²) in [5.41, 5.74) is 0.366. The molecule has 8 heteroatoms. The zero-order valence-corrected chi connectivity index (χ0v) is 14.5. The second-order valence-corrected chi connectivity index (χ2v) is 6.41. The van der Waals surface area contributed by atoms with E-state index < -0.39 is 5.97 Å². The molecular weight excluding hydrogens is 318 g/mol. The molecule has 2 N–H and O–H groups in total. The molecule has 0 aliphatic carbocycles. The smallest absolute Gasteiger partial charge is 0.348 e. The van der Waals surface area contributed by atoms with Crippen molar-refractivity contribution in [2.75, 3.05) is 20.3 Å². The van der Waals surface area contributed by atoms with Crippen LogP contribution >= 0.6 is 11.3 Å². The van der Waals surface area contributed by atoms with Crippen molar-refractivity contribution in [3.05, 3.63) is 26.6 Å². The minimum Gasteiger partial charge on any atom is -0.459 e. The van der Waals surface area contributed by atoms with Crippen LogP contribution in [-0.2, 0) is 16.0 Å². The van der Waals surface area contributed by atoms with E-state index in [1.54, 1.807) is 6.92 Å². The van der Waals surface area contributed by atoms with Gasteiger partial charge >= 0.3 is 5.97 Å². The summed E-state index contributed by atoms with van der Waals surface area (Å²) in [6.45, 7) is 6.73. The lowest BCUT2D eigenvalue weighted by atomic mass is 10.2. The van der Waals surface area contributed by atoms with Gasteiger partial charge in [0.1, 0.15) is 22.1 Å². The van der Waals surface area contributed by atoms with Gasteiger partial charge in [-0.2, -0.15) is 0 Å². The maximum Gasteiger partial charge on any atom is 0.348 e. The number of esters is 1. The first-order valence-electron chi connectivity index (χ1n) is 7.35. The van der Waals surface area contributed by atoms with E-state index in [4.69, 9.17) is 9.47 Å². The minimum atomic E-state index is -0.455. The highest BCUT2D eigenvalue weighted by atomic mass is 32.1. The fraction of sp³-hybridized carbons (Fsp3) is 0.533. The fourth-order valence-corrected chi connectivity index (χ4v) is 3.15. The van der Waals surface area contributed by atoms with Gasteiger partial charge in [0.05, 0.1) is 18.5 Å². The normalized spacial score (nSPS) is 11.3. The predicted molar refractivity (Wildman–Crippen MR) is 89.1 cm³/mol. The summed E-state index contributed by atoms with van der Waals surface area (Å²) < 4.78 is 9.97. The number of carbonyl (C=O) groups excluding carboxylic acids is 1. The number of H-pyrrole nitrogens is 1. The summed E-state index contributed by atoms with van der Waals surface area (Å²) >= 11 is 1.18. The number of methoxy groups -OCH3 is 1. The van der Waals surface area contributed by atoms with Gasteiger partial charge in [0, 0.05) is 13.2 Å². The largest absolute Gasteiger partial charge is 0.459 e. The Bertz CT molecular complexity index is 751. The molecule has 0 radical (unpaired) electrons. The van der Waals surface area contributed by atoms with Gasteiger partial charge in [-0.3, -0.25) is 4.79 Å². The molecule has 0 amide bonds. The number of fused-ring (bicyclic) bond motifs is 1. The van der Waals surface area contributed by atoms with Crippen molar-refractivity contribution in [1.29, 1.82) is 0 Å². The van der Waals surface area contributed by atoms with E-state index in [9.17, 15) is 9.59 Å². The van der Waals surface area contributed by atoms with Crippen LogP contribution in [0.25, 0.3) is 10.2 Å². The first kappa shape index (κ1) is 17.6. The van der Waals surface area contributed by atoms with E-state index in [2.05, 4.69) is 15.3 Å². The summed E-state index contributed by atoms with van der Waals surface area (Å²) in [5, 5.41) is 3.64. The Morgan fingerprint density at radius 1 is 1.39 bits per heavy atom. The SMILES string of the molecule is COCCOC(=O)c1sc2nc(CNC(C)C)[nH]c(=O)c2c1C. The van der Waals surface area contributed by atoms with Crippen molar-refractivity contribution in [3.8, 4) is 0 Å². The van der Waals surface area contributed by atoms with E-state index in [0.29, 0.717) is 39.6 Å². The van der Waals surface area contributed by atoms with Gasteiger partial charge in [-0.1, -0.05) is 13.8 Å². The summed E-state index contributed by atoms with van der Waals surface area (Å²) in [4.78, 5) is 32.5. The molecule has 0 bridgehead atoms. The Balaban J connectivity index is 2.31. The molecular formula is C15H21N3O4S. The number of aromatic amines is 1. The zero-order chi connectivity index (χ0) is 17.0. The number of carbonyl (C=O) groups is 1. The second kappa shape index (κ2) is 7.67. The molecule has 0 saturated carbocycles. The third kappa shape index (κ3) is 4.15. The van der Waals surface area contributed by atoms with Crippen LogP contribution in [0.1, 0.15) is 34.9 Å². The molecule has 2 rings (SSSR count). The van der Waals surface area contributed by atoms with Gasteiger partial charge in [-0.05, 0) is 12.5 Å². The number of nitrogens with one attached hydrogen (secondary N) is 2. The van der Waals surface area contributed by atoms with Gasteiger partial charge in [-0.25, -0.2) is 9.78 Å². The molecule has 7 nitrogen and oxygen atoms in total. The Labute approximate surface area is 138 Å². The number of aromatic nitrogens is 2. The van der Waals surface area contributed by atoms with E-state index in [1.807, 2.05) is 13.8 Å². The maximum absolute atomic E-state index is 12.3. The van der Waals surface area contributed by atoms with E-state index in [0.717, 1.165) is 0 Å². The Hall–Kier alpha value is -1.77. The fourth-order valence-electron chi connectivity index (χ4n) is 2.05. The quantitative estimate of drug-likeness (QED) is 0.588.